The first-order chi connectivity index (χ1) is 14.9. The van der Waals surface area contributed by atoms with Crippen molar-refractivity contribution in [1.82, 2.24) is 0 Å². The summed E-state index contributed by atoms with van der Waals surface area (Å²) in [6.45, 7) is 1.57. The number of hydrogen-bond donors (Lipinski definition) is 1. The molecule has 1 amide bonds. The number of halogens is 2. The molecule has 0 saturated heterocycles. The van der Waals surface area contributed by atoms with Crippen molar-refractivity contribution < 1.29 is 13.9 Å². The summed E-state index contributed by atoms with van der Waals surface area (Å²) in [6, 6.07) is 19.1. The van der Waals surface area contributed by atoms with Crippen molar-refractivity contribution in [3.05, 3.63) is 92.6 Å². The number of benzene rings is 3. The summed E-state index contributed by atoms with van der Waals surface area (Å²) in [5, 5.41) is 3.80. The third kappa shape index (κ3) is 4.74. The average molecular weight is 454 g/mol. The van der Waals surface area contributed by atoms with Gasteiger partial charge in [0.25, 0.3) is 5.91 Å². The molecule has 5 nitrogen and oxygen atoms in total. The minimum Gasteiger partial charge on any atom is -0.476 e. The van der Waals surface area contributed by atoms with Crippen molar-refractivity contribution in [2.45, 2.75) is 6.92 Å². The van der Waals surface area contributed by atoms with Crippen LogP contribution in [0.3, 0.4) is 0 Å². The van der Waals surface area contributed by atoms with Crippen LogP contribution in [-0.4, -0.2) is 12.5 Å². The molecule has 0 atom stereocenters. The Balaban J connectivity index is 1.66. The molecule has 31 heavy (non-hydrogen) atoms. The van der Waals surface area contributed by atoms with Crippen LogP contribution in [0.15, 0.2) is 75.9 Å². The second kappa shape index (κ2) is 8.84. The Morgan fingerprint density at radius 3 is 2.39 bits per heavy atom. The Morgan fingerprint density at radius 1 is 1.00 bits per heavy atom. The molecular weight excluding hydrogens is 437 g/mol. The van der Waals surface area contributed by atoms with Crippen LogP contribution in [0.25, 0.3) is 22.3 Å². The quantitative estimate of drug-likeness (QED) is 0.396. The fourth-order valence-corrected chi connectivity index (χ4v) is 3.64. The molecule has 0 radical (unpaired) electrons. The molecule has 0 aliphatic carbocycles. The molecular formula is C24H17Cl2NO4. The smallest absolute Gasteiger partial charge is 0.262 e. The maximum atomic E-state index is 13.1. The van der Waals surface area contributed by atoms with Crippen LogP contribution in [0.5, 0.6) is 5.75 Å². The molecule has 1 aromatic heterocycles. The van der Waals surface area contributed by atoms with Gasteiger partial charge >= 0.3 is 0 Å². The number of carbonyl (C=O) groups excluding carboxylic acids is 1. The third-order valence-electron chi connectivity index (χ3n) is 4.56. The lowest BCUT2D eigenvalue weighted by atomic mass is 10.1. The van der Waals surface area contributed by atoms with E-state index in [4.69, 9.17) is 32.4 Å². The van der Waals surface area contributed by atoms with Gasteiger partial charge in [-0.2, -0.15) is 0 Å². The Bertz CT molecular complexity index is 1310. The summed E-state index contributed by atoms with van der Waals surface area (Å²) in [5.74, 6) is -0.232. The minimum atomic E-state index is -0.472. The number of rotatable bonds is 5. The van der Waals surface area contributed by atoms with Crippen molar-refractivity contribution in [2.75, 3.05) is 11.9 Å². The van der Waals surface area contributed by atoms with Gasteiger partial charge < -0.3 is 14.5 Å². The van der Waals surface area contributed by atoms with Gasteiger partial charge in [-0.25, -0.2) is 0 Å². The number of amides is 1. The highest BCUT2D eigenvalue weighted by atomic mass is 35.5. The maximum Gasteiger partial charge on any atom is 0.262 e. The summed E-state index contributed by atoms with van der Waals surface area (Å²) >= 11 is 11.9. The topological polar surface area (TPSA) is 68.5 Å². The number of aryl methyl sites for hydroxylation is 1. The number of fused-ring (bicyclic) bond motifs is 1. The molecule has 3 aromatic carbocycles. The Morgan fingerprint density at radius 2 is 1.68 bits per heavy atom. The zero-order valence-electron chi connectivity index (χ0n) is 16.4. The van der Waals surface area contributed by atoms with Gasteiger partial charge in [0.05, 0.1) is 5.39 Å². The first-order valence-electron chi connectivity index (χ1n) is 9.42. The summed E-state index contributed by atoms with van der Waals surface area (Å²) in [4.78, 5) is 25.5. The zero-order chi connectivity index (χ0) is 22.0. The van der Waals surface area contributed by atoms with Crippen LogP contribution in [0.1, 0.15) is 5.56 Å². The lowest BCUT2D eigenvalue weighted by Crippen LogP contribution is -2.22. The average Bonchev–Trinajstić information content (AvgIpc) is 2.73. The first-order valence-corrected chi connectivity index (χ1v) is 10.2. The Labute approximate surface area is 188 Å². The maximum absolute atomic E-state index is 13.1. The summed E-state index contributed by atoms with van der Waals surface area (Å²) in [5.41, 5.74) is 2.25. The van der Waals surface area contributed by atoms with E-state index in [1.54, 1.807) is 42.5 Å². The van der Waals surface area contributed by atoms with E-state index in [0.29, 0.717) is 32.3 Å². The summed E-state index contributed by atoms with van der Waals surface area (Å²) in [6.07, 6.45) is 0. The standard InChI is InChI=1S/C24H17Cl2NO4/c1-14-6-8-15(9-7-14)23-24(22(29)19-4-2-3-5-20(19)31-23)30-13-21(28)27-18-11-16(25)10-17(26)12-18/h2-12H,13H2,1H3,(H,27,28). The second-order valence-corrected chi connectivity index (χ2v) is 7.82. The van der Waals surface area contributed by atoms with Crippen molar-refractivity contribution >= 4 is 45.8 Å². The lowest BCUT2D eigenvalue weighted by Gasteiger charge is -2.12. The molecule has 1 heterocycles. The van der Waals surface area contributed by atoms with E-state index in [1.807, 2.05) is 31.2 Å². The number of anilines is 1. The Kier molecular flexibility index (Phi) is 5.98. The van der Waals surface area contributed by atoms with E-state index < -0.39 is 12.5 Å². The van der Waals surface area contributed by atoms with Gasteiger partial charge in [0, 0.05) is 21.3 Å². The molecule has 4 aromatic rings. The molecule has 7 heteroatoms. The number of hydrogen-bond acceptors (Lipinski definition) is 4. The van der Waals surface area contributed by atoms with Crippen molar-refractivity contribution in [1.29, 1.82) is 0 Å². The van der Waals surface area contributed by atoms with E-state index in [9.17, 15) is 9.59 Å². The van der Waals surface area contributed by atoms with Gasteiger partial charge in [-0.05, 0) is 37.3 Å². The molecule has 1 N–H and O–H groups in total. The lowest BCUT2D eigenvalue weighted by molar-refractivity contribution is -0.118. The zero-order valence-corrected chi connectivity index (χ0v) is 18.0. The number of ether oxygens (including phenoxy) is 1. The van der Waals surface area contributed by atoms with Crippen LogP contribution in [0.4, 0.5) is 5.69 Å². The SMILES string of the molecule is Cc1ccc(-c2oc3ccccc3c(=O)c2OCC(=O)Nc2cc(Cl)cc(Cl)c2)cc1. The van der Waals surface area contributed by atoms with Gasteiger partial charge in [-0.1, -0.05) is 65.2 Å². The van der Waals surface area contributed by atoms with Gasteiger partial charge in [0.2, 0.25) is 11.2 Å². The molecule has 0 aliphatic heterocycles. The highest BCUT2D eigenvalue weighted by Crippen LogP contribution is 2.31. The van der Waals surface area contributed by atoms with E-state index >= 15 is 0 Å². The number of para-hydroxylation sites is 1. The monoisotopic (exact) mass is 453 g/mol. The summed E-state index contributed by atoms with van der Waals surface area (Å²) in [7, 11) is 0. The molecule has 0 fully saturated rings. The molecule has 156 valence electrons. The van der Waals surface area contributed by atoms with E-state index in [-0.39, 0.29) is 16.9 Å². The van der Waals surface area contributed by atoms with Gasteiger partial charge in [-0.15, -0.1) is 0 Å². The van der Waals surface area contributed by atoms with Crippen LogP contribution in [0.2, 0.25) is 10.0 Å². The highest BCUT2D eigenvalue weighted by Gasteiger charge is 2.19. The van der Waals surface area contributed by atoms with Crippen LogP contribution < -0.4 is 15.5 Å². The first kappa shape index (κ1) is 21.0. The van der Waals surface area contributed by atoms with E-state index in [1.165, 1.54) is 0 Å². The molecule has 0 bridgehead atoms. The minimum absolute atomic E-state index is 0.0261. The molecule has 0 spiro atoms. The van der Waals surface area contributed by atoms with E-state index in [2.05, 4.69) is 5.32 Å². The van der Waals surface area contributed by atoms with Gasteiger partial charge in [0.15, 0.2) is 12.4 Å². The molecule has 0 saturated carbocycles. The Hall–Kier alpha value is -3.28. The molecule has 4 rings (SSSR count). The van der Waals surface area contributed by atoms with Crippen molar-refractivity contribution in [3.63, 3.8) is 0 Å². The third-order valence-corrected chi connectivity index (χ3v) is 5.00. The predicted molar refractivity (Wildman–Crippen MR) is 123 cm³/mol. The van der Waals surface area contributed by atoms with E-state index in [0.717, 1.165) is 5.56 Å². The predicted octanol–water partition coefficient (Wildman–Crippen LogP) is 6.09. The largest absolute Gasteiger partial charge is 0.476 e. The second-order valence-electron chi connectivity index (χ2n) is 6.95. The van der Waals surface area contributed by atoms with Gasteiger partial charge in [-0.3, -0.25) is 9.59 Å². The van der Waals surface area contributed by atoms with Crippen molar-refractivity contribution in [3.8, 4) is 17.1 Å². The summed E-state index contributed by atoms with van der Waals surface area (Å²) < 4.78 is 11.7. The number of carbonyl (C=O) groups is 1. The van der Waals surface area contributed by atoms with Crippen LogP contribution >= 0.6 is 23.2 Å². The molecule has 0 aliphatic rings. The van der Waals surface area contributed by atoms with Crippen LogP contribution in [0, 0.1) is 6.92 Å². The van der Waals surface area contributed by atoms with Crippen molar-refractivity contribution in [2.24, 2.45) is 0 Å². The fraction of sp³-hybridized carbons (Fsp3) is 0.0833. The fourth-order valence-electron chi connectivity index (χ4n) is 3.11. The molecule has 0 unspecified atom stereocenters. The van der Waals surface area contributed by atoms with Crippen LogP contribution in [-0.2, 0) is 4.79 Å². The number of nitrogens with one attached hydrogen (secondary N) is 1. The highest BCUT2D eigenvalue weighted by molar-refractivity contribution is 6.35. The van der Waals surface area contributed by atoms with Gasteiger partial charge in [0.1, 0.15) is 5.58 Å². The normalized spacial score (nSPS) is 10.8.